The molecule has 6 heteroatoms. The molecular formula is C12H8ClNO4. The van der Waals surface area contributed by atoms with Gasteiger partial charge in [-0.25, -0.2) is 0 Å². The number of hydrogen-bond acceptors (Lipinski definition) is 4. The smallest absolute Gasteiger partial charge is 0.313 e. The van der Waals surface area contributed by atoms with E-state index in [9.17, 15) is 14.0 Å². The van der Waals surface area contributed by atoms with Crippen LogP contribution >= 0.6 is 0 Å². The van der Waals surface area contributed by atoms with E-state index in [-0.39, 0.29) is 5.75 Å². The summed E-state index contributed by atoms with van der Waals surface area (Å²) in [5.41, 5.74) is 0.711. The SMILES string of the molecule is [O-][Cl+3]([O-])([O-])Oc1c[nH]c2ccc3ccccc3c12. The highest BCUT2D eigenvalue weighted by molar-refractivity contribution is 6.09. The summed E-state index contributed by atoms with van der Waals surface area (Å²) >= 11 is 0. The molecule has 5 nitrogen and oxygen atoms in total. The molecule has 92 valence electrons. The maximum absolute atomic E-state index is 10.7. The zero-order valence-electron chi connectivity index (χ0n) is 9.05. The van der Waals surface area contributed by atoms with Crippen molar-refractivity contribution in [3.8, 4) is 5.75 Å². The Morgan fingerprint density at radius 3 is 2.56 bits per heavy atom. The zero-order valence-corrected chi connectivity index (χ0v) is 9.81. The van der Waals surface area contributed by atoms with Gasteiger partial charge in [0.15, 0.2) is 0 Å². The Bertz CT molecular complexity index is 717. The summed E-state index contributed by atoms with van der Waals surface area (Å²) in [7, 11) is -4.50. The molecule has 1 aromatic heterocycles. The molecule has 1 N–H and O–H groups in total. The highest BCUT2D eigenvalue weighted by Gasteiger charge is 2.23. The predicted octanol–water partition coefficient (Wildman–Crippen LogP) is -0.403. The van der Waals surface area contributed by atoms with E-state index in [0.29, 0.717) is 10.9 Å². The Morgan fingerprint density at radius 1 is 1.00 bits per heavy atom. The van der Waals surface area contributed by atoms with Gasteiger partial charge < -0.3 is 4.98 Å². The Morgan fingerprint density at radius 2 is 1.78 bits per heavy atom. The third-order valence-electron chi connectivity index (χ3n) is 2.71. The molecule has 0 spiro atoms. The largest absolute Gasteiger partial charge is 0.357 e. The molecule has 0 aliphatic carbocycles. The third-order valence-corrected chi connectivity index (χ3v) is 3.07. The number of aromatic amines is 1. The average molecular weight is 266 g/mol. The number of fused-ring (bicyclic) bond motifs is 3. The van der Waals surface area contributed by atoms with Gasteiger partial charge in [0, 0.05) is 0 Å². The number of hydrogen-bond donors (Lipinski definition) is 1. The quantitative estimate of drug-likeness (QED) is 0.682. The lowest BCUT2D eigenvalue weighted by Gasteiger charge is -2.11. The monoisotopic (exact) mass is 265 g/mol. The molecule has 3 rings (SSSR count). The van der Waals surface area contributed by atoms with E-state index in [2.05, 4.69) is 9.27 Å². The van der Waals surface area contributed by atoms with Crippen molar-refractivity contribution in [1.82, 2.24) is 4.98 Å². The molecule has 3 aromatic rings. The van der Waals surface area contributed by atoms with Crippen molar-refractivity contribution in [2.24, 2.45) is 0 Å². The normalized spacial score (nSPS) is 12.2. The number of halogens is 1. The zero-order chi connectivity index (χ0) is 12.8. The van der Waals surface area contributed by atoms with Crippen molar-refractivity contribution in [1.29, 1.82) is 0 Å². The number of benzene rings is 2. The molecular weight excluding hydrogens is 258 g/mol. The first-order chi connectivity index (χ1) is 8.54. The lowest BCUT2D eigenvalue weighted by Crippen LogP contribution is -2.63. The summed E-state index contributed by atoms with van der Waals surface area (Å²) in [6.45, 7) is 0. The minimum Gasteiger partial charge on any atom is -0.357 e. The van der Waals surface area contributed by atoms with Crippen LogP contribution in [0.2, 0.25) is 0 Å². The Balaban J connectivity index is 2.30. The number of rotatable bonds is 2. The van der Waals surface area contributed by atoms with E-state index in [4.69, 9.17) is 0 Å². The van der Waals surface area contributed by atoms with Crippen LogP contribution in [0.5, 0.6) is 5.75 Å². The van der Waals surface area contributed by atoms with E-state index >= 15 is 0 Å². The lowest BCUT2D eigenvalue weighted by molar-refractivity contribution is -1.91. The molecule has 0 fully saturated rings. The topological polar surface area (TPSA) is 94.2 Å². The van der Waals surface area contributed by atoms with Gasteiger partial charge in [-0.05, 0) is 16.8 Å². The van der Waals surface area contributed by atoms with Crippen molar-refractivity contribution in [2.75, 3.05) is 0 Å². The molecule has 0 saturated heterocycles. The predicted molar refractivity (Wildman–Crippen MR) is 56.4 cm³/mol. The summed E-state index contributed by atoms with van der Waals surface area (Å²) in [6.07, 6.45) is 1.36. The summed E-state index contributed by atoms with van der Waals surface area (Å²) in [5, 5.41) is 2.35. The van der Waals surface area contributed by atoms with Crippen LogP contribution in [-0.2, 0) is 0 Å². The molecule has 0 amide bonds. The molecule has 0 aliphatic heterocycles. The molecule has 0 unspecified atom stereocenters. The molecule has 2 aromatic carbocycles. The van der Waals surface area contributed by atoms with Crippen molar-refractivity contribution < 1.29 is 28.5 Å². The van der Waals surface area contributed by atoms with E-state index < -0.39 is 10.2 Å². The van der Waals surface area contributed by atoms with Gasteiger partial charge in [-0.15, -0.1) is 0 Å². The van der Waals surface area contributed by atoms with Gasteiger partial charge in [-0.2, -0.15) is 14.0 Å². The maximum Gasteiger partial charge on any atom is 0.313 e. The maximum atomic E-state index is 10.7. The molecule has 0 bridgehead atoms. The Labute approximate surface area is 104 Å². The highest BCUT2D eigenvalue weighted by Crippen LogP contribution is 2.33. The molecule has 18 heavy (non-hydrogen) atoms. The van der Waals surface area contributed by atoms with Gasteiger partial charge >= 0.3 is 5.75 Å². The molecule has 0 aliphatic rings. The lowest BCUT2D eigenvalue weighted by atomic mass is 10.1. The second-order valence-electron chi connectivity index (χ2n) is 3.82. The minimum atomic E-state index is -4.50. The van der Waals surface area contributed by atoms with Gasteiger partial charge in [-0.3, -0.25) is 0 Å². The highest BCUT2D eigenvalue weighted by atomic mass is 35.7. The Hall–Kier alpha value is -1.79. The first kappa shape index (κ1) is 11.3. The molecule has 1 heterocycles. The van der Waals surface area contributed by atoms with Crippen molar-refractivity contribution in [3.05, 3.63) is 42.6 Å². The molecule has 0 atom stereocenters. The fourth-order valence-corrected chi connectivity index (χ4v) is 2.36. The van der Waals surface area contributed by atoms with Crippen molar-refractivity contribution >= 4 is 21.7 Å². The van der Waals surface area contributed by atoms with Crippen molar-refractivity contribution in [2.45, 2.75) is 0 Å². The van der Waals surface area contributed by atoms with Crippen LogP contribution in [0.4, 0.5) is 0 Å². The van der Waals surface area contributed by atoms with Gasteiger partial charge in [0.2, 0.25) is 0 Å². The van der Waals surface area contributed by atoms with Crippen LogP contribution in [0.25, 0.3) is 21.7 Å². The van der Waals surface area contributed by atoms with E-state index in [1.54, 1.807) is 6.07 Å². The fourth-order valence-electron chi connectivity index (χ4n) is 2.04. The summed E-state index contributed by atoms with van der Waals surface area (Å²) in [5.74, 6) is 0.0125. The number of H-pyrrole nitrogens is 1. The van der Waals surface area contributed by atoms with E-state index in [0.717, 1.165) is 10.8 Å². The van der Waals surface area contributed by atoms with Gasteiger partial charge in [0.25, 0.3) is 0 Å². The second kappa shape index (κ2) is 3.86. The van der Waals surface area contributed by atoms with Crippen LogP contribution < -0.4 is 18.3 Å². The van der Waals surface area contributed by atoms with E-state index in [1.807, 2.05) is 30.3 Å². The van der Waals surface area contributed by atoms with Crippen LogP contribution in [0.3, 0.4) is 0 Å². The first-order valence-corrected chi connectivity index (χ1v) is 6.37. The second-order valence-corrected chi connectivity index (χ2v) is 4.73. The number of aromatic nitrogens is 1. The van der Waals surface area contributed by atoms with Crippen LogP contribution in [0.1, 0.15) is 0 Å². The van der Waals surface area contributed by atoms with Gasteiger partial charge in [0.05, 0.1) is 17.1 Å². The van der Waals surface area contributed by atoms with Gasteiger partial charge in [-0.1, -0.05) is 34.6 Å². The van der Waals surface area contributed by atoms with Crippen LogP contribution in [0.15, 0.2) is 42.6 Å². The van der Waals surface area contributed by atoms with E-state index in [1.165, 1.54) is 6.20 Å². The summed E-state index contributed by atoms with van der Waals surface area (Å²) < 4.78 is 36.4. The third kappa shape index (κ3) is 1.89. The Kier molecular flexibility index (Phi) is 2.42. The standard InChI is InChI=1S/C12H8ClNO4/c15-13(16,17)18-11-7-14-10-6-5-8-3-1-2-4-9(8)12(10)11/h1-7,14H. The summed E-state index contributed by atoms with van der Waals surface area (Å²) in [6, 6.07) is 11.2. The van der Waals surface area contributed by atoms with Crippen LogP contribution in [0, 0.1) is 10.2 Å². The minimum absolute atomic E-state index is 0.0125. The molecule has 0 saturated carbocycles. The fraction of sp³-hybridized carbons (Fsp3) is 0. The number of nitrogens with one attached hydrogen (secondary N) is 1. The average Bonchev–Trinajstić information content (AvgIpc) is 2.70. The molecule has 0 radical (unpaired) electrons. The van der Waals surface area contributed by atoms with Crippen LogP contribution in [-0.4, -0.2) is 4.98 Å². The van der Waals surface area contributed by atoms with Crippen molar-refractivity contribution in [3.63, 3.8) is 0 Å². The summed E-state index contributed by atoms with van der Waals surface area (Å²) in [4.78, 5) is 2.87. The van der Waals surface area contributed by atoms with Gasteiger partial charge in [0.1, 0.15) is 10.2 Å². The first-order valence-electron chi connectivity index (χ1n) is 5.14.